The number of carbonyl (C=O) groups is 1. The quantitative estimate of drug-likeness (QED) is 0.603. The molecule has 0 spiro atoms. The Kier molecular flexibility index (Phi) is 6.85. The van der Waals surface area contributed by atoms with Crippen molar-refractivity contribution in [2.45, 2.75) is 6.92 Å². The average molecular weight is 458 g/mol. The smallest absolute Gasteiger partial charge is 0.266 e. The van der Waals surface area contributed by atoms with E-state index in [2.05, 4.69) is 22.0 Å². The second-order valence-corrected chi connectivity index (χ2v) is 8.55. The molecule has 0 aromatic heterocycles. The molecular weight excluding hydrogens is 434 g/mol. The molecule has 4 rings (SSSR count). The summed E-state index contributed by atoms with van der Waals surface area (Å²) in [5.41, 5.74) is 2.73. The highest BCUT2D eigenvalue weighted by atomic mass is 35.5. The minimum Gasteiger partial charge on any atom is -0.493 e. The van der Waals surface area contributed by atoms with Crippen LogP contribution >= 0.6 is 23.4 Å². The molecule has 8 heteroatoms. The summed E-state index contributed by atoms with van der Waals surface area (Å²) >= 11 is 7.49. The number of amides is 1. The first-order valence-electron chi connectivity index (χ1n) is 10.2. The number of hydrogen-bond donors (Lipinski definition) is 0. The second-order valence-electron chi connectivity index (χ2n) is 7.10. The van der Waals surface area contributed by atoms with Crippen LogP contribution in [0.4, 0.5) is 11.4 Å². The predicted octanol–water partition coefficient (Wildman–Crippen LogP) is 4.81. The summed E-state index contributed by atoms with van der Waals surface area (Å²) in [6, 6.07) is 13.5. The summed E-state index contributed by atoms with van der Waals surface area (Å²) in [5, 5.41) is 1.23. The van der Waals surface area contributed by atoms with Crippen molar-refractivity contribution in [3.8, 4) is 5.75 Å². The maximum absolute atomic E-state index is 12.8. The third kappa shape index (κ3) is 5.06. The van der Waals surface area contributed by atoms with Gasteiger partial charge in [-0.2, -0.15) is 0 Å². The Labute approximate surface area is 191 Å². The molecule has 162 valence electrons. The molecule has 2 aliphatic heterocycles. The van der Waals surface area contributed by atoms with Crippen molar-refractivity contribution in [2.75, 3.05) is 44.9 Å². The monoisotopic (exact) mass is 457 g/mol. The third-order valence-electron chi connectivity index (χ3n) is 5.01. The van der Waals surface area contributed by atoms with Crippen molar-refractivity contribution in [1.82, 2.24) is 4.90 Å². The fourth-order valence-electron chi connectivity index (χ4n) is 3.38. The van der Waals surface area contributed by atoms with E-state index in [9.17, 15) is 4.79 Å². The van der Waals surface area contributed by atoms with E-state index in [0.29, 0.717) is 27.5 Å². The minimum absolute atomic E-state index is 0.101. The molecule has 0 aliphatic carbocycles. The number of nitrogens with zero attached hydrogens (tertiary/aromatic N) is 3. The molecule has 6 nitrogen and oxygen atoms in total. The molecule has 0 N–H and O–H groups in total. The number of hydrogen-bond acceptors (Lipinski definition) is 6. The van der Waals surface area contributed by atoms with Gasteiger partial charge in [-0.1, -0.05) is 11.6 Å². The Hall–Kier alpha value is -2.48. The first kappa shape index (κ1) is 21.7. The van der Waals surface area contributed by atoms with Crippen molar-refractivity contribution in [1.29, 1.82) is 0 Å². The number of halogens is 1. The van der Waals surface area contributed by atoms with Gasteiger partial charge in [-0.05, 0) is 67.2 Å². The average Bonchev–Trinajstić information content (AvgIpc) is 3.04. The van der Waals surface area contributed by atoms with Crippen LogP contribution in [-0.2, 0) is 9.53 Å². The molecule has 2 heterocycles. The van der Waals surface area contributed by atoms with Crippen LogP contribution in [0.2, 0.25) is 5.02 Å². The Balaban J connectivity index is 1.55. The molecule has 2 aromatic rings. The third-order valence-corrected chi connectivity index (χ3v) is 6.31. The highest BCUT2D eigenvalue weighted by Crippen LogP contribution is 2.35. The van der Waals surface area contributed by atoms with E-state index in [-0.39, 0.29) is 5.91 Å². The zero-order valence-corrected chi connectivity index (χ0v) is 19.1. The lowest BCUT2D eigenvalue weighted by atomic mass is 10.2. The van der Waals surface area contributed by atoms with Gasteiger partial charge in [-0.3, -0.25) is 9.69 Å². The maximum atomic E-state index is 12.8. The fourth-order valence-corrected chi connectivity index (χ4v) is 4.54. The van der Waals surface area contributed by atoms with Gasteiger partial charge in [0.2, 0.25) is 0 Å². The van der Waals surface area contributed by atoms with E-state index in [1.165, 1.54) is 11.8 Å². The van der Waals surface area contributed by atoms with Crippen LogP contribution in [0, 0.1) is 0 Å². The Morgan fingerprint density at radius 1 is 1.19 bits per heavy atom. The zero-order chi connectivity index (χ0) is 21.8. The zero-order valence-electron chi connectivity index (χ0n) is 17.5. The predicted molar refractivity (Wildman–Crippen MR) is 128 cm³/mol. The summed E-state index contributed by atoms with van der Waals surface area (Å²) in [4.78, 5) is 21.9. The van der Waals surface area contributed by atoms with E-state index in [1.54, 1.807) is 24.1 Å². The summed E-state index contributed by atoms with van der Waals surface area (Å²) < 4.78 is 11.1. The lowest BCUT2D eigenvalue weighted by Crippen LogP contribution is -2.36. The van der Waals surface area contributed by atoms with Gasteiger partial charge in [-0.15, -0.1) is 0 Å². The number of benzene rings is 2. The van der Waals surface area contributed by atoms with Crippen molar-refractivity contribution in [3.63, 3.8) is 0 Å². The fraction of sp³-hybridized carbons (Fsp3) is 0.304. The van der Waals surface area contributed by atoms with Gasteiger partial charge in [0, 0.05) is 36.4 Å². The number of morpholine rings is 1. The molecule has 0 radical (unpaired) electrons. The molecule has 2 fully saturated rings. The lowest BCUT2D eigenvalue weighted by Gasteiger charge is -2.28. The van der Waals surface area contributed by atoms with E-state index < -0.39 is 0 Å². The van der Waals surface area contributed by atoms with Crippen LogP contribution in [-0.4, -0.2) is 55.9 Å². The Morgan fingerprint density at radius 3 is 2.65 bits per heavy atom. The van der Waals surface area contributed by atoms with Crippen molar-refractivity contribution in [3.05, 3.63) is 58.0 Å². The highest BCUT2D eigenvalue weighted by molar-refractivity contribution is 8.18. The number of amidine groups is 1. The van der Waals surface area contributed by atoms with Gasteiger partial charge in [-0.25, -0.2) is 4.99 Å². The van der Waals surface area contributed by atoms with Crippen LogP contribution < -0.4 is 9.64 Å². The first-order valence-corrected chi connectivity index (χ1v) is 11.4. The lowest BCUT2D eigenvalue weighted by molar-refractivity contribution is -0.121. The second kappa shape index (κ2) is 9.77. The topological polar surface area (TPSA) is 54.4 Å². The van der Waals surface area contributed by atoms with Gasteiger partial charge in [0.1, 0.15) is 5.75 Å². The summed E-state index contributed by atoms with van der Waals surface area (Å²) in [5.74, 6) is 0.593. The highest BCUT2D eigenvalue weighted by Gasteiger charge is 2.30. The van der Waals surface area contributed by atoms with Crippen LogP contribution in [0.15, 0.2) is 52.4 Å². The molecule has 0 unspecified atom stereocenters. The Bertz CT molecular complexity index is 1020. The van der Waals surface area contributed by atoms with Crippen LogP contribution in [0.25, 0.3) is 6.08 Å². The molecule has 0 bridgehead atoms. The van der Waals surface area contributed by atoms with E-state index in [4.69, 9.17) is 21.1 Å². The van der Waals surface area contributed by atoms with Crippen molar-refractivity contribution >= 4 is 51.9 Å². The molecular formula is C23H24ClN3O3S. The minimum atomic E-state index is -0.101. The number of anilines is 1. The van der Waals surface area contributed by atoms with Crippen LogP contribution in [0.3, 0.4) is 0 Å². The van der Waals surface area contributed by atoms with Gasteiger partial charge in [0.15, 0.2) is 5.17 Å². The largest absolute Gasteiger partial charge is 0.493 e. The number of aliphatic imine (C=N–C) groups is 1. The number of likely N-dealkylation sites (N-methyl/N-ethyl adjacent to an activating group) is 1. The SMILES string of the molecule is CCOc1ccc(Cl)cc1/C=C1\SC(=Nc2ccc(N3CCOCC3)cc2)N(C)C1=O. The van der Waals surface area contributed by atoms with Crippen LogP contribution in [0.5, 0.6) is 5.75 Å². The molecule has 31 heavy (non-hydrogen) atoms. The first-order chi connectivity index (χ1) is 15.0. The van der Waals surface area contributed by atoms with E-state index in [0.717, 1.165) is 43.2 Å². The summed E-state index contributed by atoms with van der Waals surface area (Å²) in [6.07, 6.45) is 1.81. The van der Waals surface area contributed by atoms with Crippen molar-refractivity contribution < 1.29 is 14.3 Å². The molecule has 2 aromatic carbocycles. The number of rotatable bonds is 5. The standard InChI is InChI=1S/C23H24ClN3O3S/c1-3-30-20-9-4-17(24)14-16(20)15-21-22(28)26(2)23(31-21)25-18-5-7-19(8-6-18)27-10-12-29-13-11-27/h4-9,14-15H,3,10-13H2,1-2H3/b21-15-,25-23?. The van der Waals surface area contributed by atoms with Gasteiger partial charge >= 0.3 is 0 Å². The molecule has 1 amide bonds. The number of thioether (sulfide) groups is 1. The van der Waals surface area contributed by atoms with Crippen LogP contribution in [0.1, 0.15) is 12.5 Å². The number of carbonyl (C=O) groups excluding carboxylic acids is 1. The van der Waals surface area contributed by atoms with Gasteiger partial charge < -0.3 is 14.4 Å². The normalized spacial score (nSPS) is 19.5. The van der Waals surface area contributed by atoms with Gasteiger partial charge in [0.05, 0.1) is 30.4 Å². The number of ether oxygens (including phenoxy) is 2. The molecule has 0 saturated carbocycles. The van der Waals surface area contributed by atoms with E-state index >= 15 is 0 Å². The van der Waals surface area contributed by atoms with Gasteiger partial charge in [0.25, 0.3) is 5.91 Å². The van der Waals surface area contributed by atoms with E-state index in [1.807, 2.05) is 31.2 Å². The van der Waals surface area contributed by atoms with Crippen molar-refractivity contribution in [2.24, 2.45) is 4.99 Å². The molecule has 2 aliphatic rings. The molecule has 2 saturated heterocycles. The summed E-state index contributed by atoms with van der Waals surface area (Å²) in [6.45, 7) is 5.74. The molecule has 0 atom stereocenters. The Morgan fingerprint density at radius 2 is 1.94 bits per heavy atom. The summed E-state index contributed by atoms with van der Waals surface area (Å²) in [7, 11) is 1.73. The maximum Gasteiger partial charge on any atom is 0.266 e.